The summed E-state index contributed by atoms with van der Waals surface area (Å²) in [6.07, 6.45) is 4.47. The Morgan fingerprint density at radius 3 is 2.48 bits per heavy atom. The summed E-state index contributed by atoms with van der Waals surface area (Å²) >= 11 is 0. The van der Waals surface area contributed by atoms with Crippen molar-refractivity contribution in [2.75, 3.05) is 6.54 Å². The summed E-state index contributed by atoms with van der Waals surface area (Å²) in [5, 5.41) is 7.15. The number of carbonyl (C=O) groups is 1. The summed E-state index contributed by atoms with van der Waals surface area (Å²) in [6.45, 7) is 2.63. The van der Waals surface area contributed by atoms with Crippen molar-refractivity contribution in [2.45, 2.75) is 13.3 Å². The summed E-state index contributed by atoms with van der Waals surface area (Å²) in [7, 11) is 0. The van der Waals surface area contributed by atoms with Crippen molar-refractivity contribution in [3.8, 4) is 5.69 Å². The van der Waals surface area contributed by atoms with Gasteiger partial charge < -0.3 is 5.32 Å². The number of aromatic nitrogens is 2. The van der Waals surface area contributed by atoms with Gasteiger partial charge in [-0.05, 0) is 49.2 Å². The number of nitrogens with one attached hydrogen (secondary N) is 1. The van der Waals surface area contributed by atoms with E-state index in [4.69, 9.17) is 0 Å². The van der Waals surface area contributed by atoms with Crippen LogP contribution in [0.25, 0.3) is 5.69 Å². The lowest BCUT2D eigenvalue weighted by molar-refractivity contribution is 0.0954. The Morgan fingerprint density at radius 2 is 1.83 bits per heavy atom. The zero-order chi connectivity index (χ0) is 16.1. The van der Waals surface area contributed by atoms with Gasteiger partial charge in [0.25, 0.3) is 5.91 Å². The minimum atomic E-state index is -0.0295. The van der Waals surface area contributed by atoms with Crippen molar-refractivity contribution in [2.24, 2.45) is 0 Å². The lowest BCUT2D eigenvalue weighted by atomic mass is 10.1. The van der Waals surface area contributed by atoms with Gasteiger partial charge in [-0.1, -0.05) is 29.8 Å². The number of amides is 1. The van der Waals surface area contributed by atoms with E-state index in [1.165, 1.54) is 5.56 Å². The van der Waals surface area contributed by atoms with Crippen molar-refractivity contribution in [1.29, 1.82) is 0 Å². The molecular weight excluding hydrogens is 286 g/mol. The Bertz CT molecular complexity index is 759. The number of rotatable bonds is 5. The molecule has 0 aliphatic carbocycles. The van der Waals surface area contributed by atoms with Crippen molar-refractivity contribution >= 4 is 5.91 Å². The highest BCUT2D eigenvalue weighted by molar-refractivity contribution is 5.94. The first-order chi connectivity index (χ1) is 11.2. The van der Waals surface area contributed by atoms with E-state index in [1.54, 1.807) is 6.20 Å². The fourth-order valence-electron chi connectivity index (χ4n) is 2.36. The highest BCUT2D eigenvalue weighted by Gasteiger charge is 2.04. The molecule has 0 radical (unpaired) electrons. The first-order valence-corrected chi connectivity index (χ1v) is 7.66. The van der Waals surface area contributed by atoms with Gasteiger partial charge in [-0.25, -0.2) is 4.68 Å². The number of nitrogens with zero attached hydrogens (tertiary/aromatic N) is 2. The van der Waals surface area contributed by atoms with Gasteiger partial charge in [-0.3, -0.25) is 4.79 Å². The number of carbonyl (C=O) groups excluding carboxylic acids is 1. The Hall–Kier alpha value is -2.88. The molecule has 1 heterocycles. The molecule has 1 amide bonds. The maximum atomic E-state index is 12.0. The molecule has 0 spiro atoms. The van der Waals surface area contributed by atoms with Gasteiger partial charge >= 0.3 is 0 Å². The predicted molar refractivity (Wildman–Crippen MR) is 90.8 cm³/mol. The van der Waals surface area contributed by atoms with Crippen molar-refractivity contribution in [3.05, 3.63) is 83.7 Å². The fraction of sp³-hybridized carbons (Fsp3) is 0.158. The van der Waals surface area contributed by atoms with Crippen LogP contribution >= 0.6 is 0 Å². The second-order valence-electron chi connectivity index (χ2n) is 5.49. The predicted octanol–water partition coefficient (Wildman–Crippen LogP) is 3.15. The largest absolute Gasteiger partial charge is 0.352 e. The maximum absolute atomic E-state index is 12.0. The normalized spacial score (nSPS) is 10.5. The number of benzene rings is 2. The summed E-state index contributed by atoms with van der Waals surface area (Å²) < 4.78 is 1.82. The average molecular weight is 305 g/mol. The standard InChI is InChI=1S/C19H19N3O/c1-15-3-7-17(8-4-15)19(23)20-13-11-16-5-9-18(10-6-16)22-14-2-12-21-22/h2-10,12,14H,11,13H2,1H3,(H,20,23). The lowest BCUT2D eigenvalue weighted by Crippen LogP contribution is -2.25. The molecule has 0 saturated heterocycles. The van der Waals surface area contributed by atoms with Crippen molar-refractivity contribution in [1.82, 2.24) is 15.1 Å². The van der Waals surface area contributed by atoms with Crippen LogP contribution in [0, 0.1) is 6.92 Å². The summed E-state index contributed by atoms with van der Waals surface area (Å²) in [5.74, 6) is -0.0295. The number of hydrogen-bond acceptors (Lipinski definition) is 2. The van der Waals surface area contributed by atoms with Crippen LogP contribution in [0.15, 0.2) is 67.0 Å². The Kier molecular flexibility index (Phi) is 4.52. The van der Waals surface area contributed by atoms with Gasteiger partial charge in [-0.2, -0.15) is 5.10 Å². The van der Waals surface area contributed by atoms with Crippen molar-refractivity contribution in [3.63, 3.8) is 0 Å². The van der Waals surface area contributed by atoms with E-state index >= 15 is 0 Å². The van der Waals surface area contributed by atoms with Crippen LogP contribution in [0.2, 0.25) is 0 Å². The third-order valence-corrected chi connectivity index (χ3v) is 3.72. The van der Waals surface area contributed by atoms with Crippen LogP contribution in [-0.2, 0) is 6.42 Å². The molecule has 3 aromatic rings. The third kappa shape index (κ3) is 3.86. The molecule has 0 bridgehead atoms. The van der Waals surface area contributed by atoms with E-state index in [-0.39, 0.29) is 5.91 Å². The minimum absolute atomic E-state index is 0.0295. The number of aryl methyl sites for hydroxylation is 1. The fourth-order valence-corrected chi connectivity index (χ4v) is 2.36. The Morgan fingerprint density at radius 1 is 1.09 bits per heavy atom. The van der Waals surface area contributed by atoms with Gasteiger partial charge in [0.1, 0.15) is 0 Å². The Labute approximate surface area is 135 Å². The number of hydrogen-bond donors (Lipinski definition) is 1. The molecular formula is C19H19N3O. The third-order valence-electron chi connectivity index (χ3n) is 3.72. The molecule has 4 nitrogen and oxygen atoms in total. The Balaban J connectivity index is 1.52. The van der Waals surface area contributed by atoms with Crippen LogP contribution in [0.3, 0.4) is 0 Å². The molecule has 23 heavy (non-hydrogen) atoms. The van der Waals surface area contributed by atoms with Gasteiger partial charge in [-0.15, -0.1) is 0 Å². The van der Waals surface area contributed by atoms with E-state index in [0.717, 1.165) is 17.7 Å². The lowest BCUT2D eigenvalue weighted by Gasteiger charge is -2.07. The highest BCUT2D eigenvalue weighted by Crippen LogP contribution is 2.09. The second kappa shape index (κ2) is 6.92. The molecule has 0 atom stereocenters. The molecule has 116 valence electrons. The van der Waals surface area contributed by atoms with Crippen molar-refractivity contribution < 1.29 is 4.79 Å². The van der Waals surface area contributed by atoms with Crippen LogP contribution in [0.5, 0.6) is 0 Å². The van der Waals surface area contributed by atoms with Crippen LogP contribution < -0.4 is 5.32 Å². The van der Waals surface area contributed by atoms with E-state index in [0.29, 0.717) is 12.1 Å². The molecule has 0 aliphatic heterocycles. The smallest absolute Gasteiger partial charge is 0.251 e. The molecule has 0 unspecified atom stereocenters. The SMILES string of the molecule is Cc1ccc(C(=O)NCCc2ccc(-n3cccn3)cc2)cc1. The van der Waals surface area contributed by atoms with Crippen LogP contribution in [-0.4, -0.2) is 22.2 Å². The van der Waals surface area contributed by atoms with Gasteiger partial charge in [0.05, 0.1) is 5.69 Å². The van der Waals surface area contributed by atoms with Gasteiger partial charge in [0.15, 0.2) is 0 Å². The summed E-state index contributed by atoms with van der Waals surface area (Å²) in [4.78, 5) is 12.0. The monoisotopic (exact) mass is 305 g/mol. The second-order valence-corrected chi connectivity index (χ2v) is 5.49. The first kappa shape index (κ1) is 15.0. The maximum Gasteiger partial charge on any atom is 0.251 e. The molecule has 3 rings (SSSR count). The molecule has 4 heteroatoms. The molecule has 0 saturated carbocycles. The molecule has 2 aromatic carbocycles. The highest BCUT2D eigenvalue weighted by atomic mass is 16.1. The van der Waals surface area contributed by atoms with Gasteiger partial charge in [0, 0.05) is 24.5 Å². The molecule has 0 fully saturated rings. The zero-order valence-electron chi connectivity index (χ0n) is 13.1. The van der Waals surface area contributed by atoms with E-state index in [1.807, 2.05) is 60.3 Å². The van der Waals surface area contributed by atoms with Crippen LogP contribution in [0.4, 0.5) is 0 Å². The van der Waals surface area contributed by atoms with E-state index < -0.39 is 0 Å². The van der Waals surface area contributed by atoms with Gasteiger partial charge in [0.2, 0.25) is 0 Å². The quantitative estimate of drug-likeness (QED) is 0.787. The minimum Gasteiger partial charge on any atom is -0.352 e. The summed E-state index contributed by atoms with van der Waals surface area (Å²) in [6, 6.07) is 17.7. The topological polar surface area (TPSA) is 46.9 Å². The zero-order valence-corrected chi connectivity index (χ0v) is 13.1. The first-order valence-electron chi connectivity index (χ1n) is 7.66. The summed E-state index contributed by atoms with van der Waals surface area (Å²) in [5.41, 5.74) is 4.07. The molecule has 0 aliphatic rings. The molecule has 1 aromatic heterocycles. The van der Waals surface area contributed by atoms with E-state index in [2.05, 4.69) is 22.5 Å². The van der Waals surface area contributed by atoms with Crippen LogP contribution in [0.1, 0.15) is 21.5 Å². The van der Waals surface area contributed by atoms with E-state index in [9.17, 15) is 4.79 Å². The average Bonchev–Trinajstić information content (AvgIpc) is 3.10. The molecule has 1 N–H and O–H groups in total.